The second-order valence-electron chi connectivity index (χ2n) is 6.83. The number of amides is 2. The summed E-state index contributed by atoms with van der Waals surface area (Å²) in [6.07, 6.45) is -0.0137. The van der Waals surface area contributed by atoms with Crippen LogP contribution in [0.2, 0.25) is 0 Å². The van der Waals surface area contributed by atoms with Crippen LogP contribution in [0.5, 0.6) is 5.75 Å². The number of carboxylic acid groups (broad SMARTS) is 1. The van der Waals surface area contributed by atoms with E-state index in [1.165, 1.54) is 12.0 Å². The first-order valence-electron chi connectivity index (χ1n) is 7.66. The fourth-order valence-corrected chi connectivity index (χ4v) is 2.38. The van der Waals surface area contributed by atoms with Crippen LogP contribution in [0.3, 0.4) is 0 Å². The van der Waals surface area contributed by atoms with Crippen LogP contribution >= 0.6 is 0 Å². The predicted molar refractivity (Wildman–Crippen MR) is 89.2 cm³/mol. The minimum absolute atomic E-state index is 0.0137. The molecule has 7 heteroatoms. The Labute approximate surface area is 140 Å². The number of ether oxygens (including phenoxy) is 1. The molecular weight excluding hydrogens is 312 g/mol. The summed E-state index contributed by atoms with van der Waals surface area (Å²) < 4.78 is 5.30. The number of nitrogens with one attached hydrogen (secondary N) is 1. The van der Waals surface area contributed by atoms with Crippen LogP contribution < -0.4 is 15.0 Å². The monoisotopic (exact) mass is 334 g/mol. The molecule has 2 N–H and O–H groups in total. The molecule has 1 aromatic rings. The summed E-state index contributed by atoms with van der Waals surface area (Å²) in [5.41, 5.74) is 0.500. The third-order valence-corrected chi connectivity index (χ3v) is 3.90. The van der Waals surface area contributed by atoms with Crippen LogP contribution in [0, 0.1) is 11.3 Å². The van der Waals surface area contributed by atoms with Crippen LogP contribution in [0.25, 0.3) is 0 Å². The molecule has 7 nitrogen and oxygen atoms in total. The van der Waals surface area contributed by atoms with Gasteiger partial charge in [-0.25, -0.2) is 0 Å². The molecule has 1 heterocycles. The molecule has 0 spiro atoms. The molecule has 0 aromatic heterocycles. The lowest BCUT2D eigenvalue weighted by Gasteiger charge is -2.21. The lowest BCUT2D eigenvalue weighted by molar-refractivity contribution is -0.141. The molecular formula is C17H22N2O5. The zero-order valence-corrected chi connectivity index (χ0v) is 14.3. The molecule has 0 radical (unpaired) electrons. The molecule has 2 rings (SSSR count). The van der Waals surface area contributed by atoms with E-state index in [1.54, 1.807) is 39.0 Å². The summed E-state index contributed by atoms with van der Waals surface area (Å²) in [6, 6.07) is 4.95. The van der Waals surface area contributed by atoms with Crippen LogP contribution in [0.15, 0.2) is 18.2 Å². The Kier molecular flexibility index (Phi) is 4.82. The van der Waals surface area contributed by atoms with Crippen LogP contribution in [0.4, 0.5) is 11.4 Å². The molecule has 1 aromatic carbocycles. The van der Waals surface area contributed by atoms with Crippen molar-refractivity contribution in [3.05, 3.63) is 18.2 Å². The summed E-state index contributed by atoms with van der Waals surface area (Å²) in [5, 5.41) is 11.9. The highest BCUT2D eigenvalue weighted by atomic mass is 16.5. The molecule has 0 bridgehead atoms. The third kappa shape index (κ3) is 3.67. The van der Waals surface area contributed by atoms with Gasteiger partial charge in [0, 0.05) is 30.1 Å². The van der Waals surface area contributed by atoms with Gasteiger partial charge in [-0.05, 0) is 12.1 Å². The fourth-order valence-electron chi connectivity index (χ4n) is 2.38. The number of carbonyl (C=O) groups excluding carboxylic acids is 2. The van der Waals surface area contributed by atoms with Crippen LogP contribution in [0.1, 0.15) is 27.2 Å². The van der Waals surface area contributed by atoms with Gasteiger partial charge in [0.05, 0.1) is 18.7 Å². The smallest absolute Gasteiger partial charge is 0.308 e. The number of carbonyl (C=O) groups is 3. The van der Waals surface area contributed by atoms with Gasteiger partial charge in [-0.3, -0.25) is 14.4 Å². The van der Waals surface area contributed by atoms with E-state index in [0.717, 1.165) is 0 Å². The Morgan fingerprint density at radius 3 is 2.50 bits per heavy atom. The van der Waals surface area contributed by atoms with Crippen molar-refractivity contribution in [1.29, 1.82) is 0 Å². The Morgan fingerprint density at radius 1 is 1.33 bits per heavy atom. The first-order valence-corrected chi connectivity index (χ1v) is 7.66. The van der Waals surface area contributed by atoms with Crippen LogP contribution in [-0.2, 0) is 14.4 Å². The number of benzene rings is 1. The van der Waals surface area contributed by atoms with Crippen molar-refractivity contribution in [3.8, 4) is 5.75 Å². The number of anilines is 2. The van der Waals surface area contributed by atoms with Crippen molar-refractivity contribution in [2.75, 3.05) is 23.9 Å². The predicted octanol–water partition coefficient (Wildman–Crippen LogP) is 2.12. The van der Waals surface area contributed by atoms with Gasteiger partial charge in [-0.15, -0.1) is 0 Å². The van der Waals surface area contributed by atoms with Gasteiger partial charge in [0.1, 0.15) is 5.75 Å². The Morgan fingerprint density at radius 2 is 2.00 bits per heavy atom. The van der Waals surface area contributed by atoms with Crippen molar-refractivity contribution in [2.45, 2.75) is 27.2 Å². The Hall–Kier alpha value is -2.57. The minimum Gasteiger partial charge on any atom is -0.494 e. The van der Waals surface area contributed by atoms with Crippen LogP contribution in [-0.4, -0.2) is 36.5 Å². The average Bonchev–Trinajstić information content (AvgIpc) is 2.89. The zero-order valence-electron chi connectivity index (χ0n) is 14.3. The summed E-state index contributed by atoms with van der Waals surface area (Å²) in [5.74, 6) is -1.67. The summed E-state index contributed by atoms with van der Waals surface area (Å²) >= 11 is 0. The molecule has 0 saturated carbocycles. The topological polar surface area (TPSA) is 95.9 Å². The standard InChI is InChI=1S/C17H22N2O5/c1-17(2,3)16(23)18-12-6-5-11(8-13(12)24-4)19-9-10(15(21)22)7-14(19)20/h5-6,8,10H,7,9H2,1-4H3,(H,18,23)(H,21,22)/t10-/m0/s1. The maximum Gasteiger partial charge on any atom is 0.308 e. The minimum atomic E-state index is -0.980. The highest BCUT2D eigenvalue weighted by Gasteiger charge is 2.35. The highest BCUT2D eigenvalue weighted by Crippen LogP contribution is 2.33. The summed E-state index contributed by atoms with van der Waals surface area (Å²) in [6.45, 7) is 5.54. The largest absolute Gasteiger partial charge is 0.494 e. The van der Waals surface area contributed by atoms with Crippen molar-refractivity contribution >= 4 is 29.2 Å². The van der Waals surface area contributed by atoms with E-state index in [2.05, 4.69) is 5.32 Å². The average molecular weight is 334 g/mol. The fraction of sp³-hybridized carbons (Fsp3) is 0.471. The number of carboxylic acids is 1. The number of methoxy groups -OCH3 is 1. The maximum absolute atomic E-state index is 12.1. The zero-order chi connectivity index (χ0) is 18.1. The second-order valence-corrected chi connectivity index (χ2v) is 6.83. The molecule has 130 valence electrons. The van der Waals surface area contributed by atoms with E-state index in [0.29, 0.717) is 17.1 Å². The van der Waals surface area contributed by atoms with Gasteiger partial charge in [-0.2, -0.15) is 0 Å². The Bertz CT molecular complexity index is 678. The van der Waals surface area contributed by atoms with Gasteiger partial charge in [0.25, 0.3) is 0 Å². The molecule has 0 aliphatic carbocycles. The molecule has 0 unspecified atom stereocenters. The number of rotatable bonds is 4. The summed E-state index contributed by atoms with van der Waals surface area (Å²) in [7, 11) is 1.47. The van der Waals surface area contributed by atoms with Crippen molar-refractivity contribution in [3.63, 3.8) is 0 Å². The van der Waals surface area contributed by atoms with Gasteiger partial charge in [0.2, 0.25) is 11.8 Å². The number of nitrogens with zero attached hydrogens (tertiary/aromatic N) is 1. The van der Waals surface area contributed by atoms with Gasteiger partial charge < -0.3 is 20.1 Å². The number of hydrogen-bond donors (Lipinski definition) is 2. The van der Waals surface area contributed by atoms with E-state index in [1.807, 2.05) is 0 Å². The van der Waals surface area contributed by atoms with Gasteiger partial charge in [0.15, 0.2) is 0 Å². The molecule has 1 fully saturated rings. The molecule has 1 atom stereocenters. The number of aliphatic carboxylic acids is 1. The van der Waals surface area contributed by atoms with Crippen molar-refractivity contribution in [1.82, 2.24) is 0 Å². The molecule has 1 saturated heterocycles. The second kappa shape index (κ2) is 6.51. The quantitative estimate of drug-likeness (QED) is 0.879. The maximum atomic E-state index is 12.1. The molecule has 2 amide bonds. The van der Waals surface area contributed by atoms with E-state index in [9.17, 15) is 14.4 Å². The van der Waals surface area contributed by atoms with Crippen molar-refractivity contribution in [2.24, 2.45) is 11.3 Å². The lowest BCUT2D eigenvalue weighted by atomic mass is 9.95. The first kappa shape index (κ1) is 17.8. The van der Waals surface area contributed by atoms with E-state index >= 15 is 0 Å². The van der Waals surface area contributed by atoms with Gasteiger partial charge in [-0.1, -0.05) is 20.8 Å². The van der Waals surface area contributed by atoms with E-state index in [-0.39, 0.29) is 24.8 Å². The van der Waals surface area contributed by atoms with E-state index < -0.39 is 17.3 Å². The lowest BCUT2D eigenvalue weighted by Crippen LogP contribution is -2.28. The number of hydrogen-bond acceptors (Lipinski definition) is 4. The molecule has 24 heavy (non-hydrogen) atoms. The molecule has 1 aliphatic heterocycles. The normalized spacial score (nSPS) is 17.8. The SMILES string of the molecule is COc1cc(N2C[C@@H](C(=O)O)CC2=O)ccc1NC(=O)C(C)(C)C. The van der Waals surface area contributed by atoms with Crippen molar-refractivity contribution < 1.29 is 24.2 Å². The third-order valence-electron chi connectivity index (χ3n) is 3.90. The summed E-state index contributed by atoms with van der Waals surface area (Å²) in [4.78, 5) is 36.6. The molecule has 1 aliphatic rings. The first-order chi connectivity index (χ1) is 11.1. The Balaban J connectivity index is 2.25. The van der Waals surface area contributed by atoms with Gasteiger partial charge >= 0.3 is 5.97 Å². The van der Waals surface area contributed by atoms with E-state index in [4.69, 9.17) is 9.84 Å². The highest BCUT2D eigenvalue weighted by molar-refractivity contribution is 6.00.